The van der Waals surface area contributed by atoms with Gasteiger partial charge in [-0.15, -0.1) is 0 Å². The second-order valence-electron chi connectivity index (χ2n) is 7.04. The molecule has 0 atom stereocenters. The van der Waals surface area contributed by atoms with Gasteiger partial charge >= 0.3 is 0 Å². The van der Waals surface area contributed by atoms with Crippen LogP contribution < -0.4 is 4.90 Å². The van der Waals surface area contributed by atoms with Gasteiger partial charge in [-0.25, -0.2) is 0 Å². The second-order valence-corrected chi connectivity index (χ2v) is 8.71. The lowest BCUT2D eigenvalue weighted by molar-refractivity contribution is -0.113. The number of hydrogen-bond donors (Lipinski definition) is 0. The number of fused-ring (bicyclic) bond motifs is 2. The number of amides is 1. The van der Waals surface area contributed by atoms with Crippen LogP contribution in [-0.4, -0.2) is 10.2 Å². The Morgan fingerprint density at radius 1 is 0.862 bits per heavy atom. The Bertz CT molecular complexity index is 1290. The average Bonchev–Trinajstić information content (AvgIpc) is 3.01. The first-order valence-electron chi connectivity index (χ1n) is 9.37. The summed E-state index contributed by atoms with van der Waals surface area (Å²) in [7, 11) is 0. The quantitative estimate of drug-likeness (QED) is 0.208. The zero-order valence-electron chi connectivity index (χ0n) is 15.8. The fraction of sp³-hybridized carbons (Fsp3) is 0.0400. The van der Waals surface area contributed by atoms with Crippen LogP contribution in [0.25, 0.3) is 27.6 Å². The number of carbonyl (C=O) groups excluding carboxylic acids is 1. The van der Waals surface area contributed by atoms with E-state index in [9.17, 15) is 4.79 Å². The van der Waals surface area contributed by atoms with Crippen molar-refractivity contribution in [2.45, 2.75) is 6.92 Å². The number of nitrogens with zero attached hydrogens (tertiary/aromatic N) is 1. The average molecular weight is 412 g/mol. The largest absolute Gasteiger partial charge is 0.270 e. The maximum atomic E-state index is 13.3. The van der Waals surface area contributed by atoms with Crippen molar-refractivity contribution < 1.29 is 4.79 Å². The van der Waals surface area contributed by atoms with Crippen molar-refractivity contribution in [1.29, 1.82) is 0 Å². The van der Waals surface area contributed by atoms with Gasteiger partial charge in [0.25, 0.3) is 5.91 Å². The maximum absolute atomic E-state index is 13.3. The standard InChI is InChI=1S/C25H17NOS2/c1-16-8-2-7-13-22(16)26-24(27)23(29-25(26)28)15-21-19-11-5-3-9-17(19)14-18-10-4-6-12-20(18)21/h2-15H,1H3/b23-15-. The predicted molar refractivity (Wildman–Crippen MR) is 128 cm³/mol. The number of rotatable bonds is 2. The van der Waals surface area contributed by atoms with Gasteiger partial charge < -0.3 is 0 Å². The summed E-state index contributed by atoms with van der Waals surface area (Å²) < 4.78 is 0.570. The number of thioether (sulfide) groups is 1. The van der Waals surface area contributed by atoms with E-state index in [0.29, 0.717) is 9.23 Å². The molecular formula is C25H17NOS2. The summed E-state index contributed by atoms with van der Waals surface area (Å²) >= 11 is 6.94. The van der Waals surface area contributed by atoms with E-state index < -0.39 is 0 Å². The minimum Gasteiger partial charge on any atom is -0.268 e. The third-order valence-corrected chi connectivity index (χ3v) is 6.54. The van der Waals surface area contributed by atoms with Crippen LogP contribution in [0.2, 0.25) is 0 Å². The van der Waals surface area contributed by atoms with E-state index in [4.69, 9.17) is 12.2 Å². The van der Waals surface area contributed by atoms with E-state index in [2.05, 4.69) is 30.3 Å². The third-order valence-electron chi connectivity index (χ3n) is 5.24. The molecule has 2 nitrogen and oxygen atoms in total. The molecule has 5 rings (SSSR count). The van der Waals surface area contributed by atoms with E-state index in [1.165, 1.54) is 11.8 Å². The van der Waals surface area contributed by atoms with Gasteiger partial charge in [-0.3, -0.25) is 9.69 Å². The molecule has 1 aliphatic heterocycles. The molecule has 0 N–H and O–H groups in total. The van der Waals surface area contributed by atoms with E-state index in [1.807, 2.05) is 61.5 Å². The summed E-state index contributed by atoms with van der Waals surface area (Å²) in [5.41, 5.74) is 2.94. The summed E-state index contributed by atoms with van der Waals surface area (Å²) in [5.74, 6) is -0.0636. The number of benzene rings is 4. The fourth-order valence-electron chi connectivity index (χ4n) is 3.83. The minimum absolute atomic E-state index is 0.0636. The Hall–Kier alpha value is -2.95. The van der Waals surface area contributed by atoms with Crippen LogP contribution in [0.3, 0.4) is 0 Å². The van der Waals surface area contributed by atoms with Gasteiger partial charge in [0.05, 0.1) is 10.6 Å². The number of carbonyl (C=O) groups is 1. The van der Waals surface area contributed by atoms with Gasteiger partial charge in [0.15, 0.2) is 4.32 Å². The van der Waals surface area contributed by atoms with Crippen molar-refractivity contribution in [3.63, 3.8) is 0 Å². The Kier molecular flexibility index (Phi) is 4.46. The van der Waals surface area contributed by atoms with Crippen LogP contribution in [0.1, 0.15) is 11.1 Å². The number of anilines is 1. The van der Waals surface area contributed by atoms with Gasteiger partial charge in [0.1, 0.15) is 0 Å². The number of hydrogen-bond acceptors (Lipinski definition) is 3. The Morgan fingerprint density at radius 3 is 2.10 bits per heavy atom. The van der Waals surface area contributed by atoms with Crippen molar-refractivity contribution in [2.75, 3.05) is 4.90 Å². The van der Waals surface area contributed by atoms with Gasteiger partial charge in [-0.1, -0.05) is 90.7 Å². The SMILES string of the molecule is Cc1ccccc1N1C(=O)/C(=C/c2c3ccccc3cc3ccccc23)SC1=S. The van der Waals surface area contributed by atoms with E-state index in [0.717, 1.165) is 38.4 Å². The topological polar surface area (TPSA) is 20.3 Å². The van der Waals surface area contributed by atoms with E-state index in [1.54, 1.807) is 4.90 Å². The lowest BCUT2D eigenvalue weighted by atomic mass is 9.96. The minimum atomic E-state index is -0.0636. The third kappa shape index (κ3) is 3.05. The highest BCUT2D eigenvalue weighted by molar-refractivity contribution is 8.27. The van der Waals surface area contributed by atoms with Crippen LogP contribution in [0.4, 0.5) is 5.69 Å². The molecular weight excluding hydrogens is 394 g/mol. The van der Waals surface area contributed by atoms with Crippen molar-refractivity contribution in [1.82, 2.24) is 0 Å². The first kappa shape index (κ1) is 18.1. The van der Waals surface area contributed by atoms with Crippen LogP contribution in [0, 0.1) is 6.92 Å². The highest BCUT2D eigenvalue weighted by Crippen LogP contribution is 2.39. The molecule has 4 aromatic rings. The molecule has 0 aromatic heterocycles. The van der Waals surface area contributed by atoms with Crippen molar-refractivity contribution >= 4 is 67.5 Å². The molecule has 1 heterocycles. The maximum Gasteiger partial charge on any atom is 0.270 e. The fourth-order valence-corrected chi connectivity index (χ4v) is 5.09. The van der Waals surface area contributed by atoms with Gasteiger partial charge in [-0.05, 0) is 57.8 Å². The molecule has 0 saturated carbocycles. The summed E-state index contributed by atoms with van der Waals surface area (Å²) in [4.78, 5) is 15.6. The molecule has 0 bridgehead atoms. The summed E-state index contributed by atoms with van der Waals surface area (Å²) in [6.07, 6.45) is 2.00. The van der Waals surface area contributed by atoms with Gasteiger partial charge in [-0.2, -0.15) is 0 Å². The molecule has 1 aliphatic rings. The lowest BCUT2D eigenvalue weighted by Crippen LogP contribution is -2.28. The highest BCUT2D eigenvalue weighted by Gasteiger charge is 2.34. The summed E-state index contributed by atoms with van der Waals surface area (Å²) in [6, 6.07) is 26.6. The molecule has 29 heavy (non-hydrogen) atoms. The van der Waals surface area contributed by atoms with Crippen molar-refractivity contribution in [3.8, 4) is 0 Å². The molecule has 140 valence electrons. The first-order chi connectivity index (χ1) is 14.1. The molecule has 0 spiro atoms. The Labute approximate surface area is 178 Å². The van der Waals surface area contributed by atoms with Gasteiger partial charge in [0.2, 0.25) is 0 Å². The van der Waals surface area contributed by atoms with Crippen LogP contribution in [0.15, 0.2) is 83.8 Å². The number of thiocarbonyl (C=S) groups is 1. The van der Waals surface area contributed by atoms with Crippen molar-refractivity contribution in [3.05, 3.63) is 94.9 Å². The van der Waals surface area contributed by atoms with Crippen LogP contribution in [-0.2, 0) is 4.79 Å². The molecule has 1 fully saturated rings. The van der Waals surface area contributed by atoms with Crippen molar-refractivity contribution in [2.24, 2.45) is 0 Å². The second kappa shape index (κ2) is 7.14. The molecule has 0 radical (unpaired) electrons. The monoisotopic (exact) mass is 411 g/mol. The smallest absolute Gasteiger partial charge is 0.268 e. The van der Waals surface area contributed by atoms with E-state index in [-0.39, 0.29) is 5.91 Å². The first-order valence-corrected chi connectivity index (χ1v) is 10.6. The summed E-state index contributed by atoms with van der Waals surface area (Å²) in [6.45, 7) is 2.00. The lowest BCUT2D eigenvalue weighted by Gasteiger charge is -2.16. The van der Waals surface area contributed by atoms with Gasteiger partial charge in [0, 0.05) is 0 Å². The van der Waals surface area contributed by atoms with E-state index >= 15 is 0 Å². The normalized spacial score (nSPS) is 15.8. The molecule has 1 saturated heterocycles. The number of para-hydroxylation sites is 1. The predicted octanol–water partition coefficient (Wildman–Crippen LogP) is 6.71. The highest BCUT2D eigenvalue weighted by atomic mass is 32.2. The molecule has 0 unspecified atom stereocenters. The van der Waals surface area contributed by atoms with Crippen LogP contribution >= 0.6 is 24.0 Å². The molecule has 1 amide bonds. The zero-order chi connectivity index (χ0) is 20.0. The summed E-state index contributed by atoms with van der Waals surface area (Å²) in [5, 5.41) is 4.58. The molecule has 0 aliphatic carbocycles. The molecule has 4 heteroatoms. The Balaban J connectivity index is 1.69. The molecule has 4 aromatic carbocycles. The zero-order valence-corrected chi connectivity index (χ0v) is 17.4. The van der Waals surface area contributed by atoms with Crippen LogP contribution in [0.5, 0.6) is 0 Å². The Morgan fingerprint density at radius 2 is 1.45 bits per heavy atom. The number of aryl methyl sites for hydroxylation is 1.